The van der Waals surface area contributed by atoms with Gasteiger partial charge < -0.3 is 10.6 Å². The summed E-state index contributed by atoms with van der Waals surface area (Å²) in [5.41, 5.74) is 0. The van der Waals surface area contributed by atoms with Gasteiger partial charge in [0.1, 0.15) is 0 Å². The Morgan fingerprint density at radius 1 is 1.60 bits per heavy atom. The van der Waals surface area contributed by atoms with Gasteiger partial charge in [0.2, 0.25) is 6.41 Å². The molecule has 1 amide bonds. The van der Waals surface area contributed by atoms with Gasteiger partial charge in [-0.3, -0.25) is 4.79 Å². The van der Waals surface area contributed by atoms with Crippen molar-refractivity contribution in [1.29, 1.82) is 0 Å². The van der Waals surface area contributed by atoms with E-state index in [9.17, 15) is 4.79 Å². The minimum absolute atomic E-state index is 0.513. The Hall–Kier alpha value is -0.570. The molecular weight excluding hydrogens is 128 g/mol. The van der Waals surface area contributed by atoms with Gasteiger partial charge in [-0.15, -0.1) is 0 Å². The van der Waals surface area contributed by atoms with Crippen LogP contribution in [-0.2, 0) is 4.79 Å². The molecule has 0 aliphatic carbocycles. The highest BCUT2D eigenvalue weighted by molar-refractivity contribution is 5.45. The highest BCUT2D eigenvalue weighted by Crippen LogP contribution is 2.05. The zero-order valence-corrected chi connectivity index (χ0v) is 6.10. The maximum Gasteiger partial charge on any atom is 0.207 e. The summed E-state index contributed by atoms with van der Waals surface area (Å²) in [6, 6.07) is 0.513. The lowest BCUT2D eigenvalue weighted by molar-refractivity contribution is -0.109. The molecule has 0 aromatic rings. The molecular formula is C7H14N2O. The molecule has 1 atom stereocenters. The summed E-state index contributed by atoms with van der Waals surface area (Å²) in [7, 11) is 0. The van der Waals surface area contributed by atoms with Crippen molar-refractivity contribution in [3.63, 3.8) is 0 Å². The molecule has 0 aromatic carbocycles. The normalized spacial score (nSPS) is 25.8. The van der Waals surface area contributed by atoms with Gasteiger partial charge in [0.15, 0.2) is 0 Å². The van der Waals surface area contributed by atoms with Crippen LogP contribution in [0.1, 0.15) is 19.3 Å². The molecule has 0 radical (unpaired) electrons. The van der Waals surface area contributed by atoms with Crippen molar-refractivity contribution < 1.29 is 4.79 Å². The molecule has 3 heteroatoms. The quantitative estimate of drug-likeness (QED) is 0.539. The Morgan fingerprint density at radius 2 is 2.50 bits per heavy atom. The van der Waals surface area contributed by atoms with Gasteiger partial charge in [0, 0.05) is 12.6 Å². The zero-order valence-electron chi connectivity index (χ0n) is 6.10. The molecule has 3 nitrogen and oxygen atoms in total. The van der Waals surface area contributed by atoms with Gasteiger partial charge >= 0.3 is 0 Å². The number of carbonyl (C=O) groups is 1. The van der Waals surface area contributed by atoms with Crippen LogP contribution in [0.25, 0.3) is 0 Å². The standard InChI is InChI=1S/C7H14N2O/c10-6-8-5-7-3-1-2-4-9-7/h6-7,9H,1-5H2,(H,8,10). The molecule has 1 aliphatic heterocycles. The zero-order chi connectivity index (χ0) is 7.23. The number of hydrogen-bond acceptors (Lipinski definition) is 2. The molecule has 0 saturated carbocycles. The first-order valence-electron chi connectivity index (χ1n) is 3.84. The largest absolute Gasteiger partial charge is 0.357 e. The summed E-state index contributed by atoms with van der Waals surface area (Å²) in [4.78, 5) is 9.91. The third kappa shape index (κ3) is 2.35. The van der Waals surface area contributed by atoms with E-state index >= 15 is 0 Å². The Balaban J connectivity index is 2.07. The van der Waals surface area contributed by atoms with Crippen molar-refractivity contribution in [2.75, 3.05) is 13.1 Å². The molecule has 1 unspecified atom stereocenters. The molecule has 1 aliphatic rings. The Bertz CT molecular complexity index is 99.8. The fraction of sp³-hybridized carbons (Fsp3) is 0.857. The average Bonchev–Trinajstić information content (AvgIpc) is 2.03. The summed E-state index contributed by atoms with van der Waals surface area (Å²) < 4.78 is 0. The number of nitrogens with one attached hydrogen (secondary N) is 2. The molecule has 0 bridgehead atoms. The highest BCUT2D eigenvalue weighted by atomic mass is 16.1. The Labute approximate surface area is 61.2 Å². The number of piperidine rings is 1. The van der Waals surface area contributed by atoms with E-state index in [0.717, 1.165) is 19.5 Å². The van der Waals surface area contributed by atoms with Crippen LogP contribution in [-0.4, -0.2) is 25.5 Å². The third-order valence-electron chi connectivity index (χ3n) is 1.86. The first-order valence-corrected chi connectivity index (χ1v) is 3.84. The smallest absolute Gasteiger partial charge is 0.207 e. The lowest BCUT2D eigenvalue weighted by atomic mass is 10.1. The van der Waals surface area contributed by atoms with Crippen LogP contribution in [0.5, 0.6) is 0 Å². The molecule has 10 heavy (non-hydrogen) atoms. The van der Waals surface area contributed by atoms with Gasteiger partial charge in [-0.2, -0.15) is 0 Å². The summed E-state index contributed by atoms with van der Waals surface area (Å²) in [5.74, 6) is 0. The molecule has 1 rings (SSSR count). The second kappa shape index (κ2) is 4.28. The van der Waals surface area contributed by atoms with Gasteiger partial charge in [-0.05, 0) is 19.4 Å². The van der Waals surface area contributed by atoms with Crippen molar-refractivity contribution in [1.82, 2.24) is 10.6 Å². The van der Waals surface area contributed by atoms with Crippen molar-refractivity contribution in [2.24, 2.45) is 0 Å². The van der Waals surface area contributed by atoms with Gasteiger partial charge in [0.25, 0.3) is 0 Å². The number of amides is 1. The SMILES string of the molecule is O=CNCC1CCCCN1. The average molecular weight is 142 g/mol. The van der Waals surface area contributed by atoms with Crippen molar-refractivity contribution in [3.05, 3.63) is 0 Å². The van der Waals surface area contributed by atoms with E-state index < -0.39 is 0 Å². The predicted octanol–water partition coefficient (Wildman–Crippen LogP) is -0.126. The molecule has 1 heterocycles. The Kier molecular flexibility index (Phi) is 3.22. The number of hydrogen-bond donors (Lipinski definition) is 2. The molecule has 58 valence electrons. The van der Waals surface area contributed by atoms with E-state index in [1.54, 1.807) is 0 Å². The molecule has 0 aromatic heterocycles. The molecule has 1 fully saturated rings. The van der Waals surface area contributed by atoms with Gasteiger partial charge in [-0.1, -0.05) is 6.42 Å². The van der Waals surface area contributed by atoms with E-state index in [0.29, 0.717) is 6.04 Å². The van der Waals surface area contributed by atoms with E-state index in [1.165, 1.54) is 19.3 Å². The van der Waals surface area contributed by atoms with E-state index in [2.05, 4.69) is 10.6 Å². The Morgan fingerprint density at radius 3 is 3.10 bits per heavy atom. The number of carbonyl (C=O) groups excluding carboxylic acids is 1. The predicted molar refractivity (Wildman–Crippen MR) is 39.7 cm³/mol. The lowest BCUT2D eigenvalue weighted by Gasteiger charge is -2.22. The third-order valence-corrected chi connectivity index (χ3v) is 1.86. The summed E-state index contributed by atoms with van der Waals surface area (Å²) in [6.45, 7) is 1.88. The monoisotopic (exact) mass is 142 g/mol. The van der Waals surface area contributed by atoms with Crippen LogP contribution in [0.3, 0.4) is 0 Å². The fourth-order valence-corrected chi connectivity index (χ4v) is 1.29. The highest BCUT2D eigenvalue weighted by Gasteiger charge is 2.10. The second-order valence-electron chi connectivity index (χ2n) is 2.67. The summed E-state index contributed by atoms with van der Waals surface area (Å²) in [6.07, 6.45) is 4.52. The van der Waals surface area contributed by atoms with Crippen LogP contribution in [0, 0.1) is 0 Å². The molecule has 1 saturated heterocycles. The van der Waals surface area contributed by atoms with Crippen molar-refractivity contribution in [3.8, 4) is 0 Å². The minimum Gasteiger partial charge on any atom is -0.357 e. The lowest BCUT2D eigenvalue weighted by Crippen LogP contribution is -2.41. The minimum atomic E-state index is 0.513. The van der Waals surface area contributed by atoms with E-state index in [4.69, 9.17) is 0 Å². The van der Waals surface area contributed by atoms with Crippen LogP contribution in [0.2, 0.25) is 0 Å². The molecule has 0 spiro atoms. The van der Waals surface area contributed by atoms with Crippen LogP contribution in [0.4, 0.5) is 0 Å². The fourth-order valence-electron chi connectivity index (χ4n) is 1.29. The first kappa shape index (κ1) is 7.54. The molecule has 2 N–H and O–H groups in total. The second-order valence-corrected chi connectivity index (χ2v) is 2.67. The van der Waals surface area contributed by atoms with E-state index in [-0.39, 0.29) is 0 Å². The van der Waals surface area contributed by atoms with Gasteiger partial charge in [0.05, 0.1) is 0 Å². The van der Waals surface area contributed by atoms with Crippen LogP contribution < -0.4 is 10.6 Å². The van der Waals surface area contributed by atoms with Crippen molar-refractivity contribution in [2.45, 2.75) is 25.3 Å². The van der Waals surface area contributed by atoms with Crippen LogP contribution in [0.15, 0.2) is 0 Å². The first-order chi connectivity index (χ1) is 4.93. The van der Waals surface area contributed by atoms with E-state index in [1.807, 2.05) is 0 Å². The summed E-state index contributed by atoms with van der Waals surface area (Å²) in [5, 5.41) is 6.01. The van der Waals surface area contributed by atoms with Crippen LogP contribution >= 0.6 is 0 Å². The van der Waals surface area contributed by atoms with Crippen molar-refractivity contribution >= 4 is 6.41 Å². The van der Waals surface area contributed by atoms with Gasteiger partial charge in [-0.25, -0.2) is 0 Å². The topological polar surface area (TPSA) is 41.1 Å². The maximum absolute atomic E-state index is 9.91. The number of rotatable bonds is 3. The summed E-state index contributed by atoms with van der Waals surface area (Å²) >= 11 is 0. The maximum atomic E-state index is 9.91.